The summed E-state index contributed by atoms with van der Waals surface area (Å²) in [5.41, 5.74) is 4.23. The third-order valence-electron chi connectivity index (χ3n) is 7.61. The molecule has 194 valence electrons. The van der Waals surface area contributed by atoms with Gasteiger partial charge in [-0.1, -0.05) is 133 Å². The van der Waals surface area contributed by atoms with Crippen molar-refractivity contribution in [2.75, 3.05) is 4.90 Å². The van der Waals surface area contributed by atoms with E-state index in [-0.39, 0.29) is 11.2 Å². The summed E-state index contributed by atoms with van der Waals surface area (Å²) in [5.74, 6) is 0.537. The lowest BCUT2D eigenvalue weighted by molar-refractivity contribution is -0.120. The Hall–Kier alpha value is -4.54. The third-order valence-corrected chi connectivity index (χ3v) is 8.93. The molecule has 0 aliphatic carbocycles. The van der Waals surface area contributed by atoms with E-state index in [0.717, 1.165) is 27.3 Å². The highest BCUT2D eigenvalue weighted by atomic mass is 32.2. The minimum atomic E-state index is -1.07. The Labute approximate surface area is 238 Å². The summed E-state index contributed by atoms with van der Waals surface area (Å²) < 4.78 is 7.35. The van der Waals surface area contributed by atoms with Gasteiger partial charge in [-0.15, -0.1) is 11.8 Å². The first kappa shape index (κ1) is 24.5. The molecule has 5 aromatic rings. The number of carbonyl (C=O) groups excluding carboxylic acids is 1. The fourth-order valence-electron chi connectivity index (χ4n) is 5.77. The fourth-order valence-corrected chi connectivity index (χ4v) is 7.12. The molecule has 1 amide bonds. The molecule has 0 N–H and O–H groups in total. The van der Waals surface area contributed by atoms with Gasteiger partial charge in [-0.2, -0.15) is 0 Å². The van der Waals surface area contributed by atoms with Crippen molar-refractivity contribution in [3.05, 3.63) is 168 Å². The first-order valence-electron chi connectivity index (χ1n) is 13.5. The molecule has 5 aromatic carbocycles. The van der Waals surface area contributed by atoms with E-state index in [1.807, 2.05) is 108 Å². The quantitative estimate of drug-likeness (QED) is 0.230. The average molecular weight is 538 g/mol. The van der Waals surface area contributed by atoms with Gasteiger partial charge in [-0.3, -0.25) is 9.69 Å². The molecule has 0 radical (unpaired) electrons. The van der Waals surface area contributed by atoms with Gasteiger partial charge < -0.3 is 4.74 Å². The molecule has 0 spiro atoms. The number of ether oxygens (including phenoxy) is 1. The van der Waals surface area contributed by atoms with Crippen LogP contribution in [-0.2, 0) is 15.3 Å². The van der Waals surface area contributed by atoms with E-state index in [0.29, 0.717) is 17.8 Å². The highest BCUT2D eigenvalue weighted by Gasteiger charge is 2.54. The highest BCUT2D eigenvalue weighted by molar-refractivity contribution is 7.99. The van der Waals surface area contributed by atoms with Gasteiger partial charge in [0.15, 0.2) is 0 Å². The third kappa shape index (κ3) is 4.12. The second kappa shape index (κ2) is 10.2. The molecule has 0 saturated carbocycles. The second-order valence-electron chi connectivity index (χ2n) is 10.0. The maximum absolute atomic E-state index is 15.1. The summed E-state index contributed by atoms with van der Waals surface area (Å²) in [6, 6.07) is 48.9. The maximum Gasteiger partial charge on any atom is 0.266 e. The van der Waals surface area contributed by atoms with Gasteiger partial charge in [0.25, 0.3) is 5.91 Å². The van der Waals surface area contributed by atoms with Crippen LogP contribution in [0.1, 0.15) is 33.9 Å². The van der Waals surface area contributed by atoms with Gasteiger partial charge in [0.2, 0.25) is 5.72 Å². The summed E-state index contributed by atoms with van der Waals surface area (Å²) in [6.07, 6.45) is 0.574. The lowest BCUT2D eigenvalue weighted by atomic mass is 9.87. The topological polar surface area (TPSA) is 29.5 Å². The molecule has 2 aliphatic rings. The van der Waals surface area contributed by atoms with Crippen LogP contribution in [0.2, 0.25) is 0 Å². The minimum absolute atomic E-state index is 0.0515. The predicted octanol–water partition coefficient (Wildman–Crippen LogP) is 8.71. The zero-order valence-corrected chi connectivity index (χ0v) is 22.6. The van der Waals surface area contributed by atoms with E-state index in [1.165, 1.54) is 5.56 Å². The minimum Gasteiger partial charge on any atom is -0.462 e. The number of nitrogens with zero attached hydrogens (tertiary/aromatic N) is 1. The summed E-state index contributed by atoms with van der Waals surface area (Å²) in [7, 11) is 0. The average Bonchev–Trinajstić information content (AvgIpc) is 3.18. The molecule has 3 nitrogen and oxygen atoms in total. The van der Waals surface area contributed by atoms with Gasteiger partial charge in [0, 0.05) is 27.7 Å². The number of thioether (sulfide) groups is 1. The molecular weight excluding hydrogens is 510 g/mol. The fraction of sp³-hybridized carbons (Fsp3) is 0.0833. The van der Waals surface area contributed by atoms with E-state index < -0.39 is 5.72 Å². The lowest BCUT2D eigenvalue weighted by Gasteiger charge is -2.48. The van der Waals surface area contributed by atoms with Crippen molar-refractivity contribution in [3.63, 3.8) is 0 Å². The first-order valence-corrected chi connectivity index (χ1v) is 14.4. The number of anilines is 1. The van der Waals surface area contributed by atoms with Crippen LogP contribution in [0.15, 0.2) is 150 Å². The Kier molecular flexibility index (Phi) is 6.26. The zero-order valence-electron chi connectivity index (χ0n) is 21.8. The van der Waals surface area contributed by atoms with Crippen LogP contribution in [0.4, 0.5) is 5.69 Å². The summed E-state index contributed by atoms with van der Waals surface area (Å²) in [4.78, 5) is 18.0. The van der Waals surface area contributed by atoms with E-state index in [9.17, 15) is 0 Å². The van der Waals surface area contributed by atoms with Gasteiger partial charge in [0.1, 0.15) is 5.76 Å². The van der Waals surface area contributed by atoms with Gasteiger partial charge >= 0.3 is 0 Å². The van der Waals surface area contributed by atoms with Gasteiger partial charge in [0.05, 0.1) is 11.3 Å². The van der Waals surface area contributed by atoms with Crippen molar-refractivity contribution in [2.24, 2.45) is 0 Å². The van der Waals surface area contributed by atoms with Crippen LogP contribution >= 0.6 is 11.8 Å². The van der Waals surface area contributed by atoms with Crippen LogP contribution in [-0.4, -0.2) is 5.91 Å². The summed E-state index contributed by atoms with van der Waals surface area (Å²) >= 11 is 1.79. The SMILES string of the molecule is O=C1C(c2ccccc2)=C(c2ccccc2)O[C@]2(c3ccccc3)C[C@@H](c3ccccc3)Sc3ccccc3N12. The van der Waals surface area contributed by atoms with Crippen LogP contribution in [0.3, 0.4) is 0 Å². The number of fused-ring (bicyclic) bond motifs is 3. The van der Waals surface area contributed by atoms with Crippen molar-refractivity contribution in [1.29, 1.82) is 0 Å². The van der Waals surface area contributed by atoms with Crippen molar-refractivity contribution >= 4 is 34.7 Å². The molecule has 7 rings (SSSR count). The standard InChI is InChI=1S/C36H27NO2S/c38-35-33(27-17-7-2-8-18-27)34(28-19-9-3-10-20-28)39-36(29-21-11-4-12-22-29)25-32(26-15-5-1-6-16-26)40-31-24-14-13-23-30(31)37(35)36/h1-24,32H,25H2/t32-,36-/m0/s1. The predicted molar refractivity (Wildman–Crippen MR) is 162 cm³/mol. The number of carbonyl (C=O) groups is 1. The molecule has 0 aromatic heterocycles. The van der Waals surface area contributed by atoms with Crippen molar-refractivity contribution in [1.82, 2.24) is 0 Å². The number of para-hydroxylation sites is 1. The smallest absolute Gasteiger partial charge is 0.266 e. The molecule has 2 atom stereocenters. The first-order chi connectivity index (χ1) is 19.7. The van der Waals surface area contributed by atoms with Gasteiger partial charge in [-0.25, -0.2) is 0 Å². The van der Waals surface area contributed by atoms with Crippen LogP contribution in [0, 0.1) is 0 Å². The van der Waals surface area contributed by atoms with E-state index in [1.54, 1.807) is 11.8 Å². The molecule has 40 heavy (non-hydrogen) atoms. The molecule has 0 unspecified atom stereocenters. The Bertz CT molecular complexity index is 1690. The normalized spacial score (nSPS) is 20.2. The number of hydrogen-bond donors (Lipinski definition) is 0. The number of benzene rings is 5. The van der Waals surface area contributed by atoms with E-state index in [4.69, 9.17) is 4.74 Å². The van der Waals surface area contributed by atoms with Crippen LogP contribution in [0.25, 0.3) is 11.3 Å². The second-order valence-corrected chi connectivity index (χ2v) is 11.3. The van der Waals surface area contributed by atoms with Crippen molar-refractivity contribution < 1.29 is 9.53 Å². The number of rotatable bonds is 4. The Morgan fingerprint density at radius 3 is 1.88 bits per heavy atom. The molecule has 0 fully saturated rings. The van der Waals surface area contributed by atoms with Crippen molar-refractivity contribution in [3.8, 4) is 0 Å². The maximum atomic E-state index is 15.1. The van der Waals surface area contributed by atoms with Gasteiger partial charge in [-0.05, 0) is 23.3 Å². The summed E-state index contributed by atoms with van der Waals surface area (Å²) in [6.45, 7) is 0. The van der Waals surface area contributed by atoms with Crippen LogP contribution < -0.4 is 4.90 Å². The number of amides is 1. The molecule has 0 bridgehead atoms. The Balaban J connectivity index is 1.55. The van der Waals surface area contributed by atoms with Crippen LogP contribution in [0.5, 0.6) is 0 Å². The lowest BCUT2D eigenvalue weighted by Crippen LogP contribution is -2.55. The van der Waals surface area contributed by atoms with E-state index in [2.05, 4.69) is 42.5 Å². The summed E-state index contributed by atoms with van der Waals surface area (Å²) in [5, 5.41) is 0.0515. The molecule has 2 heterocycles. The monoisotopic (exact) mass is 537 g/mol. The molecule has 0 saturated heterocycles. The highest BCUT2D eigenvalue weighted by Crippen LogP contribution is 2.57. The molecule has 2 aliphatic heterocycles. The zero-order chi connectivity index (χ0) is 26.9. The largest absolute Gasteiger partial charge is 0.462 e. The number of hydrogen-bond acceptors (Lipinski definition) is 3. The molecular formula is C36H27NO2S. The molecule has 4 heteroatoms. The Morgan fingerprint density at radius 1 is 0.650 bits per heavy atom. The Morgan fingerprint density at radius 2 is 1.20 bits per heavy atom. The van der Waals surface area contributed by atoms with Crippen molar-refractivity contribution in [2.45, 2.75) is 22.3 Å². The van der Waals surface area contributed by atoms with E-state index >= 15 is 4.79 Å².